The predicted molar refractivity (Wildman–Crippen MR) is 92.9 cm³/mol. The number of nitrogens with two attached hydrogens (primary N) is 1. The Balaban J connectivity index is 1.46. The lowest BCUT2D eigenvalue weighted by molar-refractivity contribution is -0.122. The van der Waals surface area contributed by atoms with Crippen LogP contribution in [0.2, 0.25) is 0 Å². The summed E-state index contributed by atoms with van der Waals surface area (Å²) in [4.78, 5) is 14.0. The van der Waals surface area contributed by atoms with Gasteiger partial charge in [0.2, 0.25) is 5.91 Å². The lowest BCUT2D eigenvalue weighted by Crippen LogP contribution is -2.43. The normalized spacial score (nSPS) is 28.8. The predicted octanol–water partition coefficient (Wildman–Crippen LogP) is 2.06. The van der Waals surface area contributed by atoms with Crippen molar-refractivity contribution in [3.8, 4) is 0 Å². The standard InChI is InChI=1S/C19H29N3O/c1-14-2-4-15(5-3-14)12-22-9-7-16(13-22)10-18-11-17(19(20)23)6-8-21-18/h2-5,16-18,21H,6-13H2,1H3,(H2,20,23). The zero-order valence-electron chi connectivity index (χ0n) is 14.1. The third-order valence-electron chi connectivity index (χ3n) is 5.41. The van der Waals surface area contributed by atoms with Gasteiger partial charge in [0, 0.05) is 25.0 Å². The van der Waals surface area contributed by atoms with Gasteiger partial charge in [-0.2, -0.15) is 0 Å². The molecule has 2 saturated heterocycles. The highest BCUT2D eigenvalue weighted by Gasteiger charge is 2.30. The minimum Gasteiger partial charge on any atom is -0.369 e. The molecule has 3 N–H and O–H groups in total. The number of aryl methyl sites for hydroxylation is 1. The minimum absolute atomic E-state index is 0.0753. The number of carbonyl (C=O) groups is 1. The van der Waals surface area contributed by atoms with Crippen molar-refractivity contribution in [2.45, 2.75) is 45.2 Å². The third-order valence-corrected chi connectivity index (χ3v) is 5.41. The second-order valence-electron chi connectivity index (χ2n) is 7.39. The molecule has 0 aromatic heterocycles. The molecule has 3 rings (SSSR count). The fourth-order valence-corrected chi connectivity index (χ4v) is 4.05. The smallest absolute Gasteiger partial charge is 0.220 e. The zero-order chi connectivity index (χ0) is 16.2. The molecular formula is C19H29N3O. The second-order valence-corrected chi connectivity index (χ2v) is 7.39. The van der Waals surface area contributed by atoms with Crippen LogP contribution in [0.4, 0.5) is 0 Å². The van der Waals surface area contributed by atoms with E-state index in [0.717, 1.165) is 31.8 Å². The van der Waals surface area contributed by atoms with E-state index < -0.39 is 0 Å². The van der Waals surface area contributed by atoms with Crippen molar-refractivity contribution < 1.29 is 4.79 Å². The van der Waals surface area contributed by atoms with Crippen LogP contribution in [-0.2, 0) is 11.3 Å². The van der Waals surface area contributed by atoms with Crippen LogP contribution in [0.25, 0.3) is 0 Å². The highest BCUT2D eigenvalue weighted by atomic mass is 16.1. The van der Waals surface area contributed by atoms with Crippen molar-refractivity contribution >= 4 is 5.91 Å². The molecule has 126 valence electrons. The Morgan fingerprint density at radius 1 is 1.30 bits per heavy atom. The average Bonchev–Trinajstić information content (AvgIpc) is 2.97. The summed E-state index contributed by atoms with van der Waals surface area (Å²) < 4.78 is 0. The summed E-state index contributed by atoms with van der Waals surface area (Å²) in [6, 6.07) is 9.33. The van der Waals surface area contributed by atoms with Crippen molar-refractivity contribution in [1.29, 1.82) is 0 Å². The summed E-state index contributed by atoms with van der Waals surface area (Å²) in [5, 5.41) is 3.58. The molecule has 2 aliphatic rings. The van der Waals surface area contributed by atoms with Crippen LogP contribution in [0, 0.1) is 18.8 Å². The molecule has 0 aliphatic carbocycles. The van der Waals surface area contributed by atoms with Crippen molar-refractivity contribution in [3.05, 3.63) is 35.4 Å². The van der Waals surface area contributed by atoms with E-state index in [0.29, 0.717) is 6.04 Å². The number of benzene rings is 1. The quantitative estimate of drug-likeness (QED) is 0.874. The molecule has 1 amide bonds. The average molecular weight is 315 g/mol. The first-order valence-electron chi connectivity index (χ1n) is 8.91. The van der Waals surface area contributed by atoms with Crippen LogP contribution in [0.3, 0.4) is 0 Å². The minimum atomic E-state index is -0.121. The Hall–Kier alpha value is -1.39. The van der Waals surface area contributed by atoms with Gasteiger partial charge in [0.1, 0.15) is 0 Å². The van der Waals surface area contributed by atoms with Crippen LogP contribution in [0.5, 0.6) is 0 Å². The van der Waals surface area contributed by atoms with Gasteiger partial charge < -0.3 is 11.1 Å². The third kappa shape index (κ3) is 4.55. The summed E-state index contributed by atoms with van der Waals surface area (Å²) in [5.74, 6) is 0.694. The van der Waals surface area contributed by atoms with Gasteiger partial charge in [0.15, 0.2) is 0 Å². The first-order chi connectivity index (χ1) is 11.1. The summed E-state index contributed by atoms with van der Waals surface area (Å²) in [6.45, 7) is 6.47. The number of nitrogens with zero attached hydrogens (tertiary/aromatic N) is 1. The van der Waals surface area contributed by atoms with E-state index in [-0.39, 0.29) is 11.8 Å². The molecule has 0 spiro atoms. The number of nitrogens with one attached hydrogen (secondary N) is 1. The summed E-state index contributed by atoms with van der Waals surface area (Å²) in [5.41, 5.74) is 8.20. The van der Waals surface area contributed by atoms with Crippen molar-refractivity contribution in [1.82, 2.24) is 10.2 Å². The molecule has 4 heteroatoms. The van der Waals surface area contributed by atoms with E-state index in [4.69, 9.17) is 5.73 Å². The summed E-state index contributed by atoms with van der Waals surface area (Å²) >= 11 is 0. The fraction of sp³-hybridized carbons (Fsp3) is 0.632. The summed E-state index contributed by atoms with van der Waals surface area (Å²) in [7, 11) is 0. The van der Waals surface area contributed by atoms with E-state index in [2.05, 4.69) is 41.4 Å². The molecule has 0 bridgehead atoms. The molecule has 4 nitrogen and oxygen atoms in total. The van der Waals surface area contributed by atoms with Crippen molar-refractivity contribution in [3.63, 3.8) is 0 Å². The zero-order valence-corrected chi connectivity index (χ0v) is 14.1. The van der Waals surface area contributed by atoms with E-state index in [1.54, 1.807) is 0 Å². The van der Waals surface area contributed by atoms with Gasteiger partial charge in [-0.05, 0) is 57.2 Å². The van der Waals surface area contributed by atoms with E-state index in [9.17, 15) is 4.79 Å². The van der Waals surface area contributed by atoms with E-state index >= 15 is 0 Å². The number of hydrogen-bond acceptors (Lipinski definition) is 3. The number of carbonyl (C=O) groups excluding carboxylic acids is 1. The SMILES string of the molecule is Cc1ccc(CN2CCC(CC3CC(C(N)=O)CCN3)C2)cc1. The van der Waals surface area contributed by atoms with Gasteiger partial charge in [-0.1, -0.05) is 29.8 Å². The first-order valence-corrected chi connectivity index (χ1v) is 8.91. The van der Waals surface area contributed by atoms with Gasteiger partial charge in [-0.25, -0.2) is 0 Å². The van der Waals surface area contributed by atoms with Crippen LogP contribution in [-0.4, -0.2) is 36.5 Å². The molecule has 3 unspecified atom stereocenters. The Labute approximate surface area is 139 Å². The molecule has 2 aliphatic heterocycles. The van der Waals surface area contributed by atoms with Gasteiger partial charge >= 0.3 is 0 Å². The van der Waals surface area contributed by atoms with E-state index in [1.165, 1.54) is 37.1 Å². The topological polar surface area (TPSA) is 58.4 Å². The summed E-state index contributed by atoms with van der Waals surface area (Å²) in [6.07, 6.45) is 4.26. The van der Waals surface area contributed by atoms with Crippen LogP contribution < -0.4 is 11.1 Å². The highest BCUT2D eigenvalue weighted by Crippen LogP contribution is 2.27. The number of likely N-dealkylation sites (tertiary alicyclic amines) is 1. The molecule has 1 aromatic carbocycles. The van der Waals surface area contributed by atoms with Gasteiger partial charge in [0.05, 0.1) is 0 Å². The number of rotatable bonds is 5. The van der Waals surface area contributed by atoms with Crippen LogP contribution in [0.1, 0.15) is 36.8 Å². The maximum atomic E-state index is 11.4. The monoisotopic (exact) mass is 315 g/mol. The molecular weight excluding hydrogens is 286 g/mol. The van der Waals surface area contributed by atoms with Crippen LogP contribution >= 0.6 is 0 Å². The van der Waals surface area contributed by atoms with Gasteiger partial charge in [0.25, 0.3) is 0 Å². The Bertz CT molecular complexity index is 528. The lowest BCUT2D eigenvalue weighted by atomic mass is 9.87. The second kappa shape index (κ2) is 7.45. The maximum Gasteiger partial charge on any atom is 0.220 e. The van der Waals surface area contributed by atoms with Crippen LogP contribution in [0.15, 0.2) is 24.3 Å². The molecule has 0 radical (unpaired) electrons. The molecule has 1 aromatic rings. The molecule has 2 heterocycles. The molecule has 3 atom stereocenters. The Morgan fingerprint density at radius 3 is 2.83 bits per heavy atom. The van der Waals surface area contributed by atoms with Gasteiger partial charge in [-0.15, -0.1) is 0 Å². The number of hydrogen-bond donors (Lipinski definition) is 2. The fourth-order valence-electron chi connectivity index (χ4n) is 4.05. The lowest BCUT2D eigenvalue weighted by Gasteiger charge is -2.30. The van der Waals surface area contributed by atoms with E-state index in [1.807, 2.05) is 0 Å². The number of piperidine rings is 1. The number of primary amides is 1. The number of amides is 1. The molecule has 2 fully saturated rings. The first kappa shape index (κ1) is 16.5. The van der Waals surface area contributed by atoms with Crippen molar-refractivity contribution in [2.24, 2.45) is 17.6 Å². The highest BCUT2D eigenvalue weighted by molar-refractivity contribution is 5.76. The van der Waals surface area contributed by atoms with Gasteiger partial charge in [-0.3, -0.25) is 9.69 Å². The maximum absolute atomic E-state index is 11.4. The largest absolute Gasteiger partial charge is 0.369 e. The molecule has 0 saturated carbocycles. The Morgan fingerprint density at radius 2 is 2.09 bits per heavy atom. The molecule has 23 heavy (non-hydrogen) atoms. The Kier molecular flexibility index (Phi) is 5.34. The van der Waals surface area contributed by atoms with Crippen molar-refractivity contribution in [2.75, 3.05) is 19.6 Å².